The number of nitrogens with zero attached hydrogens (tertiary/aromatic N) is 2. The molecule has 1 saturated heterocycles. The van der Waals surface area contributed by atoms with Crippen molar-refractivity contribution in [3.8, 4) is 0 Å². The van der Waals surface area contributed by atoms with Gasteiger partial charge in [0.15, 0.2) is 6.29 Å². The van der Waals surface area contributed by atoms with E-state index < -0.39 is 12.3 Å². The molecule has 0 aliphatic carbocycles. The minimum absolute atomic E-state index is 0.0124. The molecule has 3 N–H and O–H groups in total. The van der Waals surface area contributed by atoms with E-state index in [4.69, 9.17) is 14.6 Å². The van der Waals surface area contributed by atoms with Gasteiger partial charge in [-0.1, -0.05) is 55.0 Å². The van der Waals surface area contributed by atoms with Gasteiger partial charge in [-0.3, -0.25) is 9.59 Å². The van der Waals surface area contributed by atoms with Gasteiger partial charge in [0.25, 0.3) is 0 Å². The van der Waals surface area contributed by atoms with Crippen LogP contribution in [0.15, 0.2) is 79.1 Å². The molecule has 1 amide bonds. The van der Waals surface area contributed by atoms with E-state index in [2.05, 4.69) is 14.9 Å². The molecule has 0 spiro atoms. The SMILES string of the molecule is O=C(O)CCCCCC(=O)Nc1ccc([C@@H]2O[C@H](Cn3cnc4ccccc43)C[C@H](c3ccc(CO)cc3)O2)cc1. The van der Waals surface area contributed by atoms with E-state index in [9.17, 15) is 14.7 Å². The Hall–Kier alpha value is -4.05. The zero-order valence-electron chi connectivity index (χ0n) is 22.8. The molecular formula is C32H35N3O6. The molecular weight excluding hydrogens is 522 g/mol. The number of carboxylic acids is 1. The second kappa shape index (κ2) is 13.5. The van der Waals surface area contributed by atoms with Crippen LogP contribution in [0.1, 0.15) is 67.6 Å². The Morgan fingerprint density at radius 2 is 1.63 bits per heavy atom. The van der Waals surface area contributed by atoms with Crippen molar-refractivity contribution in [1.82, 2.24) is 9.55 Å². The Labute approximate surface area is 238 Å². The van der Waals surface area contributed by atoms with Crippen LogP contribution in [-0.4, -0.2) is 37.7 Å². The molecule has 1 aliphatic heterocycles. The molecule has 0 unspecified atom stereocenters. The van der Waals surface area contributed by atoms with Gasteiger partial charge in [-0.2, -0.15) is 0 Å². The predicted octanol–water partition coefficient (Wildman–Crippen LogP) is 5.75. The van der Waals surface area contributed by atoms with Crippen molar-refractivity contribution in [3.05, 3.63) is 95.8 Å². The standard InChI is InChI=1S/C32H35N3O6/c36-20-22-10-12-23(13-11-22)29-18-26(19-35-21-33-27-6-4-5-7-28(27)35)40-32(41-29)24-14-16-25(17-15-24)34-30(37)8-2-1-3-9-31(38)39/h4-7,10-17,21,26,29,32,36H,1-3,8-9,18-20H2,(H,34,37)(H,38,39)/t26-,29+,32+/m0/s1. The van der Waals surface area contributed by atoms with Gasteiger partial charge in [0.05, 0.1) is 42.7 Å². The number of imidazole rings is 1. The number of para-hydroxylation sites is 2. The molecule has 5 rings (SSSR count). The van der Waals surface area contributed by atoms with Crippen molar-refractivity contribution >= 4 is 28.6 Å². The number of nitrogens with one attached hydrogen (secondary N) is 1. The van der Waals surface area contributed by atoms with Crippen LogP contribution in [0.2, 0.25) is 0 Å². The monoisotopic (exact) mass is 557 g/mol. The summed E-state index contributed by atoms with van der Waals surface area (Å²) in [6, 6.07) is 23.3. The average molecular weight is 558 g/mol. The van der Waals surface area contributed by atoms with Crippen LogP contribution in [0.4, 0.5) is 5.69 Å². The zero-order chi connectivity index (χ0) is 28.6. The Kier molecular flexibility index (Phi) is 9.40. The molecule has 0 bridgehead atoms. The normalized spacial score (nSPS) is 18.8. The molecule has 4 aromatic rings. The molecule has 9 heteroatoms. The van der Waals surface area contributed by atoms with Crippen molar-refractivity contribution in [3.63, 3.8) is 0 Å². The third kappa shape index (κ3) is 7.58. The van der Waals surface area contributed by atoms with E-state index in [1.807, 2.05) is 79.1 Å². The number of carbonyl (C=O) groups excluding carboxylic acids is 1. The fourth-order valence-corrected chi connectivity index (χ4v) is 5.09. The largest absolute Gasteiger partial charge is 0.481 e. The zero-order valence-corrected chi connectivity index (χ0v) is 22.8. The van der Waals surface area contributed by atoms with E-state index in [-0.39, 0.29) is 31.1 Å². The summed E-state index contributed by atoms with van der Waals surface area (Å²) < 4.78 is 15.0. The van der Waals surface area contributed by atoms with Crippen LogP contribution < -0.4 is 5.32 Å². The van der Waals surface area contributed by atoms with E-state index in [0.29, 0.717) is 44.3 Å². The van der Waals surface area contributed by atoms with E-state index in [0.717, 1.165) is 27.7 Å². The summed E-state index contributed by atoms with van der Waals surface area (Å²) in [4.78, 5) is 27.5. The minimum Gasteiger partial charge on any atom is -0.481 e. The number of hydrogen-bond acceptors (Lipinski definition) is 6. The predicted molar refractivity (Wildman–Crippen MR) is 154 cm³/mol. The molecule has 9 nitrogen and oxygen atoms in total. The smallest absolute Gasteiger partial charge is 0.303 e. The van der Waals surface area contributed by atoms with Gasteiger partial charge in [0.2, 0.25) is 5.91 Å². The third-order valence-corrected chi connectivity index (χ3v) is 7.30. The van der Waals surface area contributed by atoms with Crippen LogP contribution in [0, 0.1) is 0 Å². The van der Waals surface area contributed by atoms with E-state index in [1.165, 1.54) is 0 Å². The lowest BCUT2D eigenvalue weighted by Gasteiger charge is -2.36. The second-order valence-corrected chi connectivity index (χ2v) is 10.4. The number of hydrogen-bond donors (Lipinski definition) is 3. The first-order valence-corrected chi connectivity index (χ1v) is 14.0. The molecule has 214 valence electrons. The number of aliphatic carboxylic acids is 1. The Morgan fingerprint density at radius 1 is 0.902 bits per heavy atom. The highest BCUT2D eigenvalue weighted by Crippen LogP contribution is 2.39. The van der Waals surface area contributed by atoms with Crippen LogP contribution in [0.3, 0.4) is 0 Å². The van der Waals surface area contributed by atoms with Crippen molar-refractivity contribution < 1.29 is 29.3 Å². The van der Waals surface area contributed by atoms with Crippen LogP contribution in [-0.2, 0) is 32.2 Å². The molecule has 1 aliphatic rings. The summed E-state index contributed by atoms with van der Waals surface area (Å²) in [6.07, 6.45) is 3.93. The summed E-state index contributed by atoms with van der Waals surface area (Å²) in [5, 5.41) is 21.1. The quantitative estimate of drug-likeness (QED) is 0.190. The van der Waals surface area contributed by atoms with E-state index >= 15 is 0 Å². The second-order valence-electron chi connectivity index (χ2n) is 10.4. The number of aromatic nitrogens is 2. The third-order valence-electron chi connectivity index (χ3n) is 7.30. The lowest BCUT2D eigenvalue weighted by Crippen LogP contribution is -2.32. The van der Waals surface area contributed by atoms with Gasteiger partial charge >= 0.3 is 5.97 Å². The molecule has 3 atom stereocenters. The fraction of sp³-hybridized carbons (Fsp3) is 0.344. The average Bonchev–Trinajstić information content (AvgIpc) is 3.39. The summed E-state index contributed by atoms with van der Waals surface area (Å²) in [5.74, 6) is -0.912. The number of benzene rings is 3. The number of ether oxygens (including phenoxy) is 2. The number of amides is 1. The molecule has 0 radical (unpaired) electrons. The summed E-state index contributed by atoms with van der Waals surface area (Å²) >= 11 is 0. The number of aliphatic hydroxyl groups excluding tert-OH is 1. The van der Waals surface area contributed by atoms with Gasteiger partial charge in [-0.15, -0.1) is 0 Å². The van der Waals surface area contributed by atoms with Crippen LogP contribution in [0.25, 0.3) is 11.0 Å². The van der Waals surface area contributed by atoms with Crippen molar-refractivity contribution in [2.45, 2.75) is 70.2 Å². The number of aliphatic hydroxyl groups is 1. The Bertz CT molecular complexity index is 1450. The maximum Gasteiger partial charge on any atom is 0.303 e. The maximum absolute atomic E-state index is 12.3. The van der Waals surface area contributed by atoms with Gasteiger partial charge in [-0.25, -0.2) is 4.98 Å². The molecule has 1 fully saturated rings. The molecule has 3 aromatic carbocycles. The van der Waals surface area contributed by atoms with Gasteiger partial charge < -0.3 is 29.6 Å². The molecule has 1 aromatic heterocycles. The highest BCUT2D eigenvalue weighted by molar-refractivity contribution is 5.90. The van der Waals surface area contributed by atoms with Gasteiger partial charge in [0, 0.05) is 30.5 Å². The first kappa shape index (κ1) is 28.5. The maximum atomic E-state index is 12.3. The molecule has 0 saturated carbocycles. The Morgan fingerprint density at radius 3 is 2.39 bits per heavy atom. The van der Waals surface area contributed by atoms with Crippen molar-refractivity contribution in [2.75, 3.05) is 5.32 Å². The highest BCUT2D eigenvalue weighted by atomic mass is 16.7. The molecule has 2 heterocycles. The lowest BCUT2D eigenvalue weighted by atomic mass is 10.00. The number of carbonyl (C=O) groups is 2. The van der Waals surface area contributed by atoms with Crippen LogP contribution >= 0.6 is 0 Å². The highest BCUT2D eigenvalue weighted by Gasteiger charge is 2.32. The van der Waals surface area contributed by atoms with Crippen molar-refractivity contribution in [1.29, 1.82) is 0 Å². The van der Waals surface area contributed by atoms with Gasteiger partial charge in [0.1, 0.15) is 0 Å². The number of anilines is 1. The summed E-state index contributed by atoms with van der Waals surface area (Å²) in [6.45, 7) is 0.605. The summed E-state index contributed by atoms with van der Waals surface area (Å²) in [5.41, 5.74) is 5.36. The first-order valence-electron chi connectivity index (χ1n) is 14.0. The van der Waals surface area contributed by atoms with E-state index in [1.54, 1.807) is 0 Å². The van der Waals surface area contributed by atoms with Crippen molar-refractivity contribution in [2.24, 2.45) is 0 Å². The lowest BCUT2D eigenvalue weighted by molar-refractivity contribution is -0.252. The van der Waals surface area contributed by atoms with Gasteiger partial charge in [-0.05, 0) is 48.2 Å². The number of rotatable bonds is 12. The number of fused-ring (bicyclic) bond motifs is 1. The van der Waals surface area contributed by atoms with Crippen LogP contribution in [0.5, 0.6) is 0 Å². The number of unbranched alkanes of at least 4 members (excludes halogenated alkanes) is 2. The summed E-state index contributed by atoms with van der Waals surface area (Å²) in [7, 11) is 0. The number of carboxylic acid groups (broad SMARTS) is 1. The minimum atomic E-state index is -0.812. The molecule has 41 heavy (non-hydrogen) atoms. The topological polar surface area (TPSA) is 123 Å². The first-order chi connectivity index (χ1) is 20.0. The Balaban J connectivity index is 1.26. The fourth-order valence-electron chi connectivity index (χ4n) is 5.09.